The Morgan fingerprint density at radius 3 is 1.53 bits per heavy atom. The van der Waals surface area contributed by atoms with Crippen molar-refractivity contribution >= 4 is 73.7 Å². The van der Waals surface area contributed by atoms with E-state index < -0.39 is 33.7 Å². The van der Waals surface area contributed by atoms with E-state index >= 15 is 0 Å². The minimum Gasteiger partial charge on any atom is -0.469 e. The normalized spacial score (nSPS) is 12.9. The molecule has 0 saturated carbocycles. The number of benzene rings is 1. The average molecular weight is 1560 g/mol. The van der Waals surface area contributed by atoms with Crippen molar-refractivity contribution in [1.82, 2.24) is 35.1 Å². The number of nitrogens with zero attached hydrogens (tertiary/aromatic N) is 7. The molecule has 2 amide bonds. The molecule has 2 aliphatic heterocycles. The largest absolute Gasteiger partial charge is 0.469 e. The van der Waals surface area contributed by atoms with Crippen LogP contribution in [0.5, 0.6) is 0 Å². The molecule has 93 heavy (non-hydrogen) atoms. The maximum atomic E-state index is 11.9. The predicted octanol–water partition coefficient (Wildman–Crippen LogP) is 5.60. The van der Waals surface area contributed by atoms with Crippen molar-refractivity contribution in [2.24, 2.45) is 0 Å². The van der Waals surface area contributed by atoms with Gasteiger partial charge in [0.2, 0.25) is 18.4 Å². The molecular weight excluding hydrogens is 1480 g/mol. The molecule has 0 bridgehead atoms. The summed E-state index contributed by atoms with van der Waals surface area (Å²) < 4.78 is 20.0. The first kappa shape index (κ1) is 88.8. The number of halogens is 2. The molecule has 1 aromatic carbocycles. The summed E-state index contributed by atoms with van der Waals surface area (Å²) >= 11 is 9.53. The van der Waals surface area contributed by atoms with Gasteiger partial charge in [0.1, 0.15) is 0 Å². The fourth-order valence-electron chi connectivity index (χ4n) is 7.21. The number of hydrogen-bond donors (Lipinski definition) is 6. The molecule has 3 atom stereocenters. The van der Waals surface area contributed by atoms with Crippen LogP contribution in [-0.4, -0.2) is 154 Å². The molecule has 6 N–H and O–H groups in total. The Labute approximate surface area is 576 Å². The van der Waals surface area contributed by atoms with E-state index in [9.17, 15) is 43.7 Å². The van der Waals surface area contributed by atoms with Crippen LogP contribution in [0.15, 0.2) is 146 Å². The van der Waals surface area contributed by atoms with Crippen molar-refractivity contribution in [3.05, 3.63) is 227 Å². The zero-order valence-corrected chi connectivity index (χ0v) is 55.9. The second kappa shape index (κ2) is 54.2. The number of aldehydes is 1. The number of rotatable bonds is 17. The van der Waals surface area contributed by atoms with Crippen molar-refractivity contribution < 1.29 is 104 Å². The molecule has 0 spiro atoms. The van der Waals surface area contributed by atoms with E-state index in [2.05, 4.69) is 59.7 Å². The zero-order valence-electron chi connectivity index (χ0n) is 51.2. The maximum absolute atomic E-state index is 11.9. The Kier molecular flexibility index (Phi) is 51.7. The number of alkyl halides is 2. The molecule has 2 fully saturated rings. The van der Waals surface area contributed by atoms with Gasteiger partial charge in [-0.15, -0.1) is 23.2 Å². The predicted molar refractivity (Wildman–Crippen MR) is 348 cm³/mol. The Bertz CT molecular complexity index is 3220. The number of hydrogen-bond acceptors (Lipinski definition) is 22. The van der Waals surface area contributed by atoms with Crippen LogP contribution >= 0.6 is 23.2 Å². The zero-order chi connectivity index (χ0) is 68.5. The van der Waals surface area contributed by atoms with Crippen LogP contribution in [0.2, 0.25) is 0 Å². The quantitative estimate of drug-likeness (QED) is 0.00945. The standard InChI is InChI=1S/C16H16N2O2.C11H14N2O5.C10H12N2O2.C10H11NO3.C7H7NO2.C4H6O2.CH2Cl2.CH3NO2.2CH4.BH.U/c19-15-8-14(9-17-15)13-6-7-16(20)18(11-13)10-12-4-2-1-3-5-12;1-18-11(15)4-9(6-13(16)17)8-2-3-10(7-14)12-5-8;13-6-9-2-1-7(4-11-9)8-3-10(14)12-5-8;1-14-10(13)5-3-8-2-4-9(7-12)11-6-8;9-4-6-1-2-7(5-10)8-3-6;1-3-4(5)6-2;2-1-3;1-2(3)4;;;;/h1-7,11,14H,8-10H2,(H,17,19);2-3,5,9,14H,4,6-7H2,1H3;1-2,4,8,13H,3,5-6H2,(H,12,14);2-6,12H,7H2,1H3;1-4,10H,5H2;3H,1H2,2H3;1H2;1H3;2*1H4;1H;/b;;;5-3+;;;;;;;;/i;;;;;;;;;;1D;. The van der Waals surface area contributed by atoms with Crippen LogP contribution < -0.4 is 16.2 Å². The SMILES string of the molecule is C.C.C=CC(=O)OC.COC(=O)/C=C/c1ccc(CO)nc1.COC(=O)CC(C[N+](=O)[O-])c1ccc(CO)nc1.C[N+](=O)[O-].ClCCl.O=C1CC(c2ccc(=O)n(Cc3ccccc3)c2)CN1.O=C1CC(c2ccc(CO)nc2)CN1.O=Cc1ccc(CO)nc1.[2H][B].[U]. The van der Waals surface area contributed by atoms with Crippen LogP contribution in [0.25, 0.3) is 6.08 Å². The molecule has 8 rings (SSSR count). The maximum Gasteiger partial charge on any atom is 0.330 e. The van der Waals surface area contributed by atoms with Gasteiger partial charge in [-0.2, -0.15) is 0 Å². The van der Waals surface area contributed by atoms with Crippen molar-refractivity contribution in [2.45, 2.75) is 84.8 Å². The molecule has 3 unspecified atom stereocenters. The van der Waals surface area contributed by atoms with Gasteiger partial charge < -0.3 is 49.8 Å². The van der Waals surface area contributed by atoms with Gasteiger partial charge in [0.25, 0.3) is 5.56 Å². The molecule has 2 aliphatic rings. The third kappa shape index (κ3) is 40.3. The van der Waals surface area contributed by atoms with E-state index in [1.165, 1.54) is 39.8 Å². The topological polar surface area (TPSA) is 395 Å². The first-order valence-corrected chi connectivity index (χ1v) is 27.5. The number of nitrogens with one attached hydrogen (secondary N) is 2. The number of aliphatic hydroxyl groups is 4. The van der Waals surface area contributed by atoms with Crippen LogP contribution in [-0.2, 0) is 71.2 Å². The number of carbonyl (C=O) groups excluding carboxylic acids is 6. The monoisotopic (exact) mass is 1560 g/mol. The Morgan fingerprint density at radius 1 is 0.710 bits per heavy atom. The third-order valence-electron chi connectivity index (χ3n) is 11.7. The first-order chi connectivity index (χ1) is 43.7. The molecule has 7 heterocycles. The second-order valence-corrected chi connectivity index (χ2v) is 18.8. The molecule has 27 nitrogen and oxygen atoms in total. The summed E-state index contributed by atoms with van der Waals surface area (Å²) in [7, 11) is 8.50. The van der Waals surface area contributed by atoms with Gasteiger partial charge in [0.05, 0.1) is 94.8 Å². The molecule has 31 heteroatoms. The molecule has 2 radical (unpaired) electrons. The van der Waals surface area contributed by atoms with Crippen molar-refractivity contribution in [1.29, 1.82) is 1.34 Å². The smallest absolute Gasteiger partial charge is 0.330 e. The summed E-state index contributed by atoms with van der Waals surface area (Å²) in [5.74, 6) is -1.29. The molecule has 0 aliphatic carbocycles. The van der Waals surface area contributed by atoms with Gasteiger partial charge in [0, 0.05) is 142 Å². The van der Waals surface area contributed by atoms with Gasteiger partial charge in [0.15, 0.2) is 13.3 Å². The molecule has 5 aromatic heterocycles. The number of ether oxygens (including phenoxy) is 3. The number of aromatic nitrogens is 5. The van der Waals surface area contributed by atoms with Crippen molar-refractivity contribution in [3.63, 3.8) is 0 Å². The first-order valence-electron chi connectivity index (χ1n) is 27.0. The van der Waals surface area contributed by atoms with Gasteiger partial charge in [-0.1, -0.05) is 76.0 Å². The van der Waals surface area contributed by atoms with Gasteiger partial charge in [-0.25, -0.2) is 9.59 Å². The van der Waals surface area contributed by atoms with Gasteiger partial charge in [-0.3, -0.25) is 64.1 Å². The van der Waals surface area contributed by atoms with E-state index in [1.807, 2.05) is 48.7 Å². The van der Waals surface area contributed by atoms with Gasteiger partial charge in [-0.05, 0) is 65.6 Å². The van der Waals surface area contributed by atoms with E-state index in [0.717, 1.165) is 35.4 Å². The van der Waals surface area contributed by atoms with Crippen molar-refractivity contribution in [3.8, 4) is 0 Å². The Balaban J connectivity index is -0.000000512. The van der Waals surface area contributed by atoms with Crippen LogP contribution in [0, 0.1) is 51.3 Å². The number of nitro groups is 2. The second-order valence-electron chi connectivity index (χ2n) is 18.0. The summed E-state index contributed by atoms with van der Waals surface area (Å²) in [6.45, 7) is 4.29. The van der Waals surface area contributed by atoms with E-state index in [-0.39, 0.29) is 120 Å². The summed E-state index contributed by atoms with van der Waals surface area (Å²) in [5, 5.41) is 60.1. The third-order valence-corrected chi connectivity index (χ3v) is 11.7. The van der Waals surface area contributed by atoms with E-state index in [4.69, 9.17) is 55.1 Å². The number of amides is 2. The molecular formula is C62H80BCl2N9O18U. The minimum atomic E-state index is -0.576. The van der Waals surface area contributed by atoms with E-state index in [0.29, 0.717) is 72.7 Å². The molecule has 2 saturated heterocycles. The molecule has 6 aromatic rings. The Morgan fingerprint density at radius 2 is 1.16 bits per heavy atom. The number of aliphatic hydroxyl groups excluding tert-OH is 4. The average Bonchev–Trinajstić information content (AvgIpc) is 1.72. The van der Waals surface area contributed by atoms with E-state index in [1.54, 1.807) is 71.6 Å². The van der Waals surface area contributed by atoms with Crippen LogP contribution in [0.1, 0.15) is 113 Å². The molecule has 502 valence electrons. The minimum absolute atomic E-state index is 0. The number of carbonyl (C=O) groups is 6. The number of methoxy groups -OCH3 is 3. The van der Waals surface area contributed by atoms with Crippen LogP contribution in [0.4, 0.5) is 0 Å². The van der Waals surface area contributed by atoms with Crippen molar-refractivity contribution in [2.75, 3.05) is 53.4 Å². The Hall–Kier alpha value is -8.39. The summed E-state index contributed by atoms with van der Waals surface area (Å²) in [6, 6.07) is 26.9. The fourth-order valence-corrected chi connectivity index (χ4v) is 7.21. The fraction of sp³-hybridized carbons (Fsp3) is 0.339. The van der Waals surface area contributed by atoms with Gasteiger partial charge >= 0.3 is 17.9 Å². The number of pyridine rings is 5. The summed E-state index contributed by atoms with van der Waals surface area (Å²) in [5.41, 5.74) is 7.36. The van der Waals surface area contributed by atoms with Crippen LogP contribution in [0.3, 0.4) is 0 Å². The summed E-state index contributed by atoms with van der Waals surface area (Å²) in [4.78, 5) is 110. The summed E-state index contributed by atoms with van der Waals surface area (Å²) in [6.07, 6.45) is 13.8. The number of esters is 3.